The average Bonchev–Trinajstić information content (AvgIpc) is 2.75. The van der Waals surface area contributed by atoms with Gasteiger partial charge < -0.3 is 9.47 Å². The minimum absolute atomic E-state index is 0.170. The first-order valence-electron chi connectivity index (χ1n) is 13.4. The van der Waals surface area contributed by atoms with Crippen molar-refractivity contribution in [2.75, 3.05) is 0 Å². The van der Waals surface area contributed by atoms with Crippen LogP contribution in [0.15, 0.2) is 11.8 Å². The Morgan fingerprint density at radius 2 is 1.42 bits per heavy atom. The fourth-order valence-corrected chi connectivity index (χ4v) is 4.24. The van der Waals surface area contributed by atoms with Crippen LogP contribution in [0.4, 0.5) is 0 Å². The first-order valence-corrected chi connectivity index (χ1v) is 13.4. The second kappa shape index (κ2) is 16.2. The van der Waals surface area contributed by atoms with Gasteiger partial charge >= 0.3 is 5.97 Å². The van der Waals surface area contributed by atoms with Crippen LogP contribution in [0, 0.1) is 21.4 Å². The second-order valence-corrected chi connectivity index (χ2v) is 10.7. The number of ether oxygens (including phenoxy) is 2. The Morgan fingerprint density at radius 1 is 0.909 bits per heavy atom. The summed E-state index contributed by atoms with van der Waals surface area (Å²) in [5.41, 5.74) is -0.218. The molecule has 6 nitrogen and oxygen atoms in total. The second-order valence-electron chi connectivity index (χ2n) is 10.7. The third-order valence-corrected chi connectivity index (χ3v) is 6.41. The standard InChI is InChI=1S/C27H49NO5/c1-6-8-10-12-13-14-15-16-17-19-22(28(30)31)21-24-23(20-18-11-9-7-2)25(29)33-26(32-24)27(3,4)5/h21,23-24,26H,6-20H2,1-5H3/b22-21-/t23-,24-,26-/m0/s1. The Hall–Kier alpha value is -1.43. The van der Waals surface area contributed by atoms with Crippen LogP contribution in [0.25, 0.3) is 0 Å². The Bertz CT molecular complexity index is 596. The number of allylic oxidation sites excluding steroid dienone is 1. The maximum atomic E-state index is 12.8. The number of carbonyl (C=O) groups is 1. The molecule has 6 heteroatoms. The maximum Gasteiger partial charge on any atom is 0.314 e. The molecule has 0 aromatic carbocycles. The fourth-order valence-electron chi connectivity index (χ4n) is 4.24. The van der Waals surface area contributed by atoms with Crippen LogP contribution in [0.1, 0.15) is 131 Å². The molecule has 1 fully saturated rings. The minimum atomic E-state index is -0.696. The molecule has 33 heavy (non-hydrogen) atoms. The monoisotopic (exact) mass is 467 g/mol. The number of cyclic esters (lactones) is 1. The predicted octanol–water partition coefficient (Wildman–Crippen LogP) is 7.97. The van der Waals surface area contributed by atoms with Gasteiger partial charge in [0.2, 0.25) is 12.0 Å². The summed E-state index contributed by atoms with van der Waals surface area (Å²) in [5, 5.41) is 11.8. The highest BCUT2D eigenvalue weighted by Gasteiger charge is 2.43. The van der Waals surface area contributed by atoms with Crippen molar-refractivity contribution in [2.45, 2.75) is 143 Å². The van der Waals surface area contributed by atoms with Crippen LogP contribution in [-0.4, -0.2) is 23.3 Å². The quantitative estimate of drug-likeness (QED) is 0.0937. The largest absolute Gasteiger partial charge is 0.435 e. The van der Waals surface area contributed by atoms with E-state index in [1.165, 1.54) is 38.5 Å². The highest BCUT2D eigenvalue weighted by atomic mass is 16.7. The van der Waals surface area contributed by atoms with Gasteiger partial charge in [0.25, 0.3) is 0 Å². The van der Waals surface area contributed by atoms with Gasteiger partial charge in [0, 0.05) is 17.9 Å². The van der Waals surface area contributed by atoms with Gasteiger partial charge in [-0.15, -0.1) is 0 Å². The zero-order valence-corrected chi connectivity index (χ0v) is 21.9. The van der Waals surface area contributed by atoms with Crippen molar-refractivity contribution < 1.29 is 19.2 Å². The van der Waals surface area contributed by atoms with Crippen molar-refractivity contribution in [1.82, 2.24) is 0 Å². The summed E-state index contributed by atoms with van der Waals surface area (Å²) >= 11 is 0. The van der Waals surface area contributed by atoms with Gasteiger partial charge in [0.15, 0.2) is 0 Å². The van der Waals surface area contributed by atoms with E-state index in [0.717, 1.165) is 44.9 Å². The number of nitrogens with zero attached hydrogens (tertiary/aromatic N) is 1. The lowest BCUT2D eigenvalue weighted by molar-refractivity contribution is -0.429. The Kier molecular flexibility index (Phi) is 14.6. The third kappa shape index (κ3) is 12.0. The van der Waals surface area contributed by atoms with Crippen molar-refractivity contribution >= 4 is 5.97 Å². The van der Waals surface area contributed by atoms with Crippen molar-refractivity contribution in [3.05, 3.63) is 21.9 Å². The van der Waals surface area contributed by atoms with Gasteiger partial charge in [-0.1, -0.05) is 112 Å². The summed E-state index contributed by atoms with van der Waals surface area (Å²) in [7, 11) is 0. The molecule has 0 amide bonds. The third-order valence-electron chi connectivity index (χ3n) is 6.41. The number of esters is 1. The predicted molar refractivity (Wildman–Crippen MR) is 133 cm³/mol. The number of hydrogen-bond acceptors (Lipinski definition) is 5. The van der Waals surface area contributed by atoms with Crippen LogP contribution in [0.5, 0.6) is 0 Å². The molecule has 0 aliphatic carbocycles. The van der Waals surface area contributed by atoms with Crippen molar-refractivity contribution in [1.29, 1.82) is 0 Å². The van der Waals surface area contributed by atoms with Crippen LogP contribution in [0.3, 0.4) is 0 Å². The van der Waals surface area contributed by atoms with E-state index < -0.39 is 18.3 Å². The molecule has 0 saturated carbocycles. The molecular formula is C27H49NO5. The van der Waals surface area contributed by atoms with E-state index in [1.807, 2.05) is 20.8 Å². The van der Waals surface area contributed by atoms with Crippen LogP contribution in [0.2, 0.25) is 0 Å². The zero-order valence-electron chi connectivity index (χ0n) is 21.9. The lowest BCUT2D eigenvalue weighted by atomic mass is 9.90. The summed E-state index contributed by atoms with van der Waals surface area (Å²) < 4.78 is 11.7. The van der Waals surface area contributed by atoms with E-state index in [9.17, 15) is 14.9 Å². The molecule has 0 unspecified atom stereocenters. The fraction of sp³-hybridized carbons (Fsp3) is 0.889. The molecule has 1 heterocycles. The molecule has 1 rings (SSSR count). The number of carbonyl (C=O) groups excluding carboxylic acids is 1. The molecule has 1 saturated heterocycles. The summed E-state index contributed by atoms with van der Waals surface area (Å²) in [6.45, 7) is 10.2. The number of unbranched alkanes of at least 4 members (excludes halogenated alkanes) is 11. The normalized spacial score (nSPS) is 21.8. The van der Waals surface area contributed by atoms with Gasteiger partial charge in [-0.2, -0.15) is 0 Å². The zero-order chi connectivity index (χ0) is 24.7. The highest BCUT2D eigenvalue weighted by molar-refractivity contribution is 5.74. The van der Waals surface area contributed by atoms with Crippen LogP contribution < -0.4 is 0 Å². The minimum Gasteiger partial charge on any atom is -0.435 e. The van der Waals surface area contributed by atoms with Crippen molar-refractivity contribution in [3.8, 4) is 0 Å². The smallest absolute Gasteiger partial charge is 0.314 e. The van der Waals surface area contributed by atoms with Crippen LogP contribution >= 0.6 is 0 Å². The molecule has 1 aliphatic rings. The first-order chi connectivity index (χ1) is 15.7. The summed E-state index contributed by atoms with van der Waals surface area (Å²) in [6.07, 6.45) is 16.1. The Labute approximate surface area is 202 Å². The van der Waals surface area contributed by atoms with E-state index in [1.54, 1.807) is 6.08 Å². The number of nitro groups is 1. The molecule has 0 aromatic heterocycles. The molecule has 192 valence electrons. The molecule has 0 bridgehead atoms. The average molecular weight is 468 g/mol. The lowest BCUT2D eigenvalue weighted by Crippen LogP contribution is -2.48. The van der Waals surface area contributed by atoms with Crippen molar-refractivity contribution in [2.24, 2.45) is 11.3 Å². The number of rotatable bonds is 17. The van der Waals surface area contributed by atoms with Crippen LogP contribution in [-0.2, 0) is 14.3 Å². The molecule has 0 radical (unpaired) electrons. The molecule has 3 atom stereocenters. The van der Waals surface area contributed by atoms with E-state index in [4.69, 9.17) is 9.47 Å². The molecule has 0 N–H and O–H groups in total. The van der Waals surface area contributed by atoms with Gasteiger partial charge in [0.05, 0.1) is 16.9 Å². The Morgan fingerprint density at radius 3 is 1.94 bits per heavy atom. The molecule has 0 spiro atoms. The van der Waals surface area contributed by atoms with Gasteiger partial charge in [-0.25, -0.2) is 0 Å². The first kappa shape index (κ1) is 29.6. The van der Waals surface area contributed by atoms with Gasteiger partial charge in [0.1, 0.15) is 0 Å². The van der Waals surface area contributed by atoms with E-state index in [2.05, 4.69) is 13.8 Å². The molecule has 1 aliphatic heterocycles. The lowest BCUT2D eigenvalue weighted by Gasteiger charge is -2.39. The summed E-state index contributed by atoms with van der Waals surface area (Å²) in [6, 6.07) is 0. The van der Waals surface area contributed by atoms with Gasteiger partial charge in [-0.3, -0.25) is 14.9 Å². The van der Waals surface area contributed by atoms with E-state index in [0.29, 0.717) is 12.8 Å². The maximum absolute atomic E-state index is 12.8. The van der Waals surface area contributed by atoms with Gasteiger partial charge in [-0.05, 0) is 12.8 Å². The number of hydrogen-bond donors (Lipinski definition) is 0. The van der Waals surface area contributed by atoms with Crippen molar-refractivity contribution in [3.63, 3.8) is 0 Å². The van der Waals surface area contributed by atoms with E-state index in [-0.39, 0.29) is 22.0 Å². The van der Waals surface area contributed by atoms with E-state index >= 15 is 0 Å². The highest BCUT2D eigenvalue weighted by Crippen LogP contribution is 2.34. The summed E-state index contributed by atoms with van der Waals surface area (Å²) in [4.78, 5) is 24.3. The SMILES string of the molecule is CCCCCCCCCCC/C(=C/[C@@H]1O[C@H](C(C)(C)C)OC(=O)[C@H]1CCCCCC)[N+](=O)[O-]. The topological polar surface area (TPSA) is 78.7 Å². The summed E-state index contributed by atoms with van der Waals surface area (Å²) in [5.74, 6) is -0.761. The molecular weight excluding hydrogens is 418 g/mol. The Balaban J connectivity index is 2.71. The molecule has 0 aromatic rings.